The maximum absolute atomic E-state index is 14.8. The zero-order chi connectivity index (χ0) is 33.6. The van der Waals surface area contributed by atoms with E-state index in [1.807, 2.05) is 10.5 Å². The van der Waals surface area contributed by atoms with Gasteiger partial charge in [0.1, 0.15) is 5.65 Å². The van der Waals surface area contributed by atoms with Gasteiger partial charge in [-0.25, -0.2) is 4.98 Å². The summed E-state index contributed by atoms with van der Waals surface area (Å²) in [5.41, 5.74) is 8.70. The number of benzene rings is 9. The number of pyridine rings is 1. The van der Waals surface area contributed by atoms with Crippen molar-refractivity contribution in [1.29, 1.82) is 0 Å². The highest BCUT2D eigenvalue weighted by Gasteiger charge is 2.21. The van der Waals surface area contributed by atoms with E-state index in [-0.39, 0.29) is 5.56 Å². The van der Waals surface area contributed by atoms with Crippen LogP contribution in [0.4, 0.5) is 0 Å². The van der Waals surface area contributed by atoms with Crippen LogP contribution < -0.4 is 5.56 Å². The fourth-order valence-corrected chi connectivity index (χ4v) is 8.18. The Morgan fingerprint density at radius 3 is 1.59 bits per heavy atom. The SMILES string of the molecule is O=c1c2ccc(-c3ccc4ccccc4c3)c3cccc(c32)c2nc3c(-c4ccc5ccccc5c4)cc(-c4ccc5ccccc5c4)cc3n12. The fraction of sp³-hybridized carbons (Fsp3) is 0. The van der Waals surface area contributed by atoms with Crippen LogP contribution in [0.5, 0.6) is 0 Å². The summed E-state index contributed by atoms with van der Waals surface area (Å²) in [7, 11) is 0. The highest BCUT2D eigenvalue weighted by Crippen LogP contribution is 2.40. The number of aromatic nitrogens is 2. The summed E-state index contributed by atoms with van der Waals surface area (Å²) in [6.07, 6.45) is 0. The zero-order valence-corrected chi connectivity index (χ0v) is 27.5. The van der Waals surface area contributed by atoms with Crippen molar-refractivity contribution in [3.05, 3.63) is 180 Å². The maximum Gasteiger partial charge on any atom is 0.264 e. The molecule has 3 heteroatoms. The van der Waals surface area contributed by atoms with Crippen molar-refractivity contribution in [2.75, 3.05) is 0 Å². The zero-order valence-electron chi connectivity index (χ0n) is 27.5. The van der Waals surface area contributed by atoms with Crippen molar-refractivity contribution in [2.45, 2.75) is 0 Å². The van der Waals surface area contributed by atoms with E-state index in [2.05, 4.69) is 164 Å². The molecule has 3 nitrogen and oxygen atoms in total. The number of rotatable bonds is 3. The lowest BCUT2D eigenvalue weighted by Crippen LogP contribution is -2.13. The minimum atomic E-state index is -0.0543. The van der Waals surface area contributed by atoms with Gasteiger partial charge in [-0.05, 0) is 102 Å². The van der Waals surface area contributed by atoms with Crippen molar-refractivity contribution in [1.82, 2.24) is 9.38 Å². The average Bonchev–Trinajstić information content (AvgIpc) is 3.59. The number of imidazole rings is 1. The summed E-state index contributed by atoms with van der Waals surface area (Å²) < 4.78 is 1.84. The first kappa shape index (κ1) is 28.0. The van der Waals surface area contributed by atoms with Crippen molar-refractivity contribution >= 4 is 70.5 Å². The maximum atomic E-state index is 14.8. The molecule has 0 spiro atoms. The van der Waals surface area contributed by atoms with Crippen LogP contribution >= 0.6 is 0 Å². The van der Waals surface area contributed by atoms with Gasteiger partial charge in [0.05, 0.1) is 11.0 Å². The minimum Gasteiger partial charge on any atom is -0.268 e. The van der Waals surface area contributed by atoms with E-state index in [1.54, 1.807) is 0 Å². The van der Waals surface area contributed by atoms with E-state index in [9.17, 15) is 4.79 Å². The third-order valence-electron chi connectivity index (χ3n) is 10.7. The van der Waals surface area contributed by atoms with Gasteiger partial charge in [-0.2, -0.15) is 0 Å². The molecule has 0 saturated heterocycles. The lowest BCUT2D eigenvalue weighted by Gasteiger charge is -2.13. The normalized spacial score (nSPS) is 12.0. The molecule has 11 aromatic rings. The Bertz CT molecular complexity index is 3280. The Hall–Kier alpha value is -6.84. The Kier molecular flexibility index (Phi) is 5.82. The second-order valence-corrected chi connectivity index (χ2v) is 13.5. The monoisotopic (exact) mass is 648 g/mol. The molecule has 0 N–H and O–H groups in total. The Balaban J connectivity index is 1.23. The first-order valence-corrected chi connectivity index (χ1v) is 17.3. The summed E-state index contributed by atoms with van der Waals surface area (Å²) in [6, 6.07) is 59.9. The standard InChI is InChI=1S/C48H28N2O/c51-48-42-23-22-39(36-20-17-30-9-2-5-12-33(30)25-36)40-14-7-15-41(45(40)42)47-49-46-43(37-21-18-31-10-3-6-13-34(31)26-37)27-38(28-44(46)50(47)48)35-19-16-29-8-1-4-11-32(29)24-35/h1-28H. The van der Waals surface area contributed by atoms with E-state index in [0.29, 0.717) is 11.0 Å². The summed E-state index contributed by atoms with van der Waals surface area (Å²) in [5.74, 6) is 0. The van der Waals surface area contributed by atoms with E-state index in [0.717, 1.165) is 66.0 Å². The van der Waals surface area contributed by atoms with Gasteiger partial charge in [-0.15, -0.1) is 0 Å². The second kappa shape index (κ2) is 10.6. The first-order valence-electron chi connectivity index (χ1n) is 17.3. The van der Waals surface area contributed by atoms with Gasteiger partial charge in [-0.3, -0.25) is 9.20 Å². The molecule has 51 heavy (non-hydrogen) atoms. The minimum absolute atomic E-state index is 0.0543. The summed E-state index contributed by atoms with van der Waals surface area (Å²) in [6.45, 7) is 0. The number of hydrogen-bond acceptors (Lipinski definition) is 2. The lowest BCUT2D eigenvalue weighted by molar-refractivity contribution is 1.19. The quantitative estimate of drug-likeness (QED) is 0.191. The molecule has 0 aliphatic carbocycles. The molecule has 11 rings (SSSR count). The molecule has 236 valence electrons. The van der Waals surface area contributed by atoms with Gasteiger partial charge < -0.3 is 0 Å². The summed E-state index contributed by atoms with van der Waals surface area (Å²) >= 11 is 0. The van der Waals surface area contributed by atoms with Crippen LogP contribution in [-0.4, -0.2) is 9.38 Å². The fourth-order valence-electron chi connectivity index (χ4n) is 8.18. The Morgan fingerprint density at radius 1 is 0.392 bits per heavy atom. The number of hydrogen-bond donors (Lipinski definition) is 0. The van der Waals surface area contributed by atoms with Crippen LogP contribution in [0.15, 0.2) is 175 Å². The molecule has 0 bridgehead atoms. The van der Waals surface area contributed by atoms with Crippen LogP contribution in [0.1, 0.15) is 0 Å². The Morgan fingerprint density at radius 2 is 0.941 bits per heavy atom. The Labute approximate surface area is 292 Å². The highest BCUT2D eigenvalue weighted by molar-refractivity contribution is 6.20. The van der Waals surface area contributed by atoms with Gasteiger partial charge in [0.2, 0.25) is 0 Å². The van der Waals surface area contributed by atoms with Gasteiger partial charge >= 0.3 is 0 Å². The molecule has 2 heterocycles. The second-order valence-electron chi connectivity index (χ2n) is 13.5. The molecule has 0 fully saturated rings. The van der Waals surface area contributed by atoms with Crippen LogP contribution in [0.2, 0.25) is 0 Å². The summed E-state index contributed by atoms with van der Waals surface area (Å²) in [5, 5.41) is 10.8. The van der Waals surface area contributed by atoms with E-state index in [1.165, 1.54) is 26.9 Å². The average molecular weight is 649 g/mol. The lowest BCUT2D eigenvalue weighted by atomic mass is 9.93. The van der Waals surface area contributed by atoms with Crippen LogP contribution in [0, 0.1) is 0 Å². The van der Waals surface area contributed by atoms with Crippen molar-refractivity contribution in [3.8, 4) is 33.4 Å². The highest BCUT2D eigenvalue weighted by atomic mass is 16.1. The largest absolute Gasteiger partial charge is 0.268 e. The molecule has 0 unspecified atom stereocenters. The molecule has 0 aliphatic rings. The van der Waals surface area contributed by atoms with Crippen LogP contribution in [-0.2, 0) is 0 Å². The first-order chi connectivity index (χ1) is 25.2. The predicted octanol–water partition coefficient (Wildman–Crippen LogP) is 12.1. The molecule has 0 radical (unpaired) electrons. The molecule has 2 aromatic heterocycles. The molecule has 0 aliphatic heterocycles. The van der Waals surface area contributed by atoms with Crippen molar-refractivity contribution in [3.63, 3.8) is 0 Å². The van der Waals surface area contributed by atoms with E-state index >= 15 is 0 Å². The summed E-state index contributed by atoms with van der Waals surface area (Å²) in [4.78, 5) is 20.1. The third-order valence-corrected chi connectivity index (χ3v) is 10.7. The van der Waals surface area contributed by atoms with Crippen molar-refractivity contribution in [2.24, 2.45) is 0 Å². The molecular weight excluding hydrogens is 621 g/mol. The molecule has 0 amide bonds. The third kappa shape index (κ3) is 4.19. The topological polar surface area (TPSA) is 34.4 Å². The van der Waals surface area contributed by atoms with Crippen molar-refractivity contribution < 1.29 is 0 Å². The number of fused-ring (bicyclic) bond motifs is 7. The van der Waals surface area contributed by atoms with E-state index < -0.39 is 0 Å². The van der Waals surface area contributed by atoms with Crippen LogP contribution in [0.25, 0.3) is 104 Å². The van der Waals surface area contributed by atoms with Gasteiger partial charge in [0.25, 0.3) is 5.56 Å². The number of nitrogens with zero attached hydrogens (tertiary/aromatic N) is 2. The smallest absolute Gasteiger partial charge is 0.264 e. The predicted molar refractivity (Wildman–Crippen MR) is 214 cm³/mol. The van der Waals surface area contributed by atoms with Gasteiger partial charge in [-0.1, -0.05) is 133 Å². The van der Waals surface area contributed by atoms with E-state index in [4.69, 9.17) is 4.98 Å². The van der Waals surface area contributed by atoms with Crippen LogP contribution in [0.3, 0.4) is 0 Å². The van der Waals surface area contributed by atoms with Gasteiger partial charge in [0, 0.05) is 21.7 Å². The van der Waals surface area contributed by atoms with Gasteiger partial charge in [0.15, 0.2) is 0 Å². The molecule has 0 atom stereocenters. The molecule has 9 aromatic carbocycles. The molecule has 0 saturated carbocycles. The molecular formula is C48H28N2O.